The van der Waals surface area contributed by atoms with Crippen molar-refractivity contribution in [1.29, 1.82) is 0 Å². The van der Waals surface area contributed by atoms with Gasteiger partial charge in [-0.15, -0.1) is 0 Å². The van der Waals surface area contributed by atoms with E-state index in [1.807, 2.05) is 60.9 Å². The first-order valence-electron chi connectivity index (χ1n) is 10.3. The van der Waals surface area contributed by atoms with Crippen LogP contribution in [-0.2, 0) is 16.0 Å². The summed E-state index contributed by atoms with van der Waals surface area (Å²) >= 11 is -1.19. The number of imidazole rings is 1. The lowest BCUT2D eigenvalue weighted by Gasteiger charge is -2.12. The van der Waals surface area contributed by atoms with Crippen molar-refractivity contribution < 1.29 is 19.2 Å². The molecular weight excluding hydrogens is 400 g/mol. The Labute approximate surface area is 180 Å². The van der Waals surface area contributed by atoms with Crippen LogP contribution < -0.4 is 4.74 Å². The number of carboxylic acids is 1. The Balaban J connectivity index is 1.84. The van der Waals surface area contributed by atoms with Crippen molar-refractivity contribution in [1.82, 2.24) is 9.55 Å². The second-order valence-electron chi connectivity index (χ2n) is 7.32. The van der Waals surface area contributed by atoms with Crippen LogP contribution in [0.1, 0.15) is 44.6 Å². The molecule has 3 aromatic rings. The van der Waals surface area contributed by atoms with Crippen LogP contribution in [0, 0.1) is 6.92 Å². The lowest BCUT2D eigenvalue weighted by molar-refractivity contribution is -0.137. The number of aliphatic carboxylic acids is 1. The van der Waals surface area contributed by atoms with Gasteiger partial charge in [0, 0.05) is 23.7 Å². The van der Waals surface area contributed by atoms with E-state index >= 15 is 0 Å². The fourth-order valence-electron chi connectivity index (χ4n) is 3.24. The summed E-state index contributed by atoms with van der Waals surface area (Å²) in [6.45, 7) is 4.58. The zero-order chi connectivity index (χ0) is 21.5. The summed E-state index contributed by atoms with van der Waals surface area (Å²) in [6.07, 6.45) is 3.29. The smallest absolute Gasteiger partial charge is 0.328 e. The summed E-state index contributed by atoms with van der Waals surface area (Å²) in [7, 11) is 0. The first-order valence-corrected chi connectivity index (χ1v) is 11.6. The Bertz CT molecular complexity index is 985. The van der Waals surface area contributed by atoms with Crippen LogP contribution in [0.3, 0.4) is 0 Å². The molecule has 3 rings (SSSR count). The molecule has 1 N–H and O–H groups in total. The Kier molecular flexibility index (Phi) is 7.76. The van der Waals surface area contributed by atoms with E-state index in [4.69, 9.17) is 9.84 Å². The number of fused-ring (bicyclic) bond motifs is 1. The van der Waals surface area contributed by atoms with E-state index in [1.54, 1.807) is 0 Å². The van der Waals surface area contributed by atoms with Gasteiger partial charge in [0.2, 0.25) is 0 Å². The van der Waals surface area contributed by atoms with E-state index in [0.29, 0.717) is 23.9 Å². The fraction of sp³-hybridized carbons (Fsp3) is 0.391. The minimum absolute atomic E-state index is 0.194. The number of aromatic nitrogens is 2. The predicted molar refractivity (Wildman–Crippen MR) is 119 cm³/mol. The molecule has 0 aliphatic heterocycles. The van der Waals surface area contributed by atoms with E-state index in [0.717, 1.165) is 47.3 Å². The van der Waals surface area contributed by atoms with Gasteiger partial charge in [0.05, 0.1) is 23.3 Å². The molecule has 30 heavy (non-hydrogen) atoms. The summed E-state index contributed by atoms with van der Waals surface area (Å²) in [5.74, 6) is 0.526. The maximum Gasteiger partial charge on any atom is 0.328 e. The predicted octanol–water partition coefficient (Wildman–Crippen LogP) is 4.88. The number of benzene rings is 2. The molecule has 0 radical (unpaired) electrons. The fourth-order valence-corrected chi connectivity index (χ4v) is 4.40. The normalized spacial score (nSPS) is 12.2. The maximum absolute atomic E-state index is 12.8. The number of rotatable bonds is 11. The minimum Gasteiger partial charge on any atom is -0.609 e. The first-order chi connectivity index (χ1) is 14.5. The van der Waals surface area contributed by atoms with Crippen molar-refractivity contribution in [2.24, 2.45) is 0 Å². The SMILES string of the molecule is CCC[S+]([O-])c1nc2ccc(OCCCCCC(=O)O)cc2n1-c1ccc(C)cc1. The summed E-state index contributed by atoms with van der Waals surface area (Å²) < 4.78 is 20.7. The molecule has 0 aliphatic rings. The molecule has 0 aliphatic carbocycles. The lowest BCUT2D eigenvalue weighted by atomic mass is 10.2. The van der Waals surface area contributed by atoms with Crippen LogP contribution in [0.4, 0.5) is 0 Å². The van der Waals surface area contributed by atoms with Gasteiger partial charge >= 0.3 is 11.1 Å². The number of carbonyl (C=O) groups is 1. The quantitative estimate of drug-likeness (QED) is 0.348. The summed E-state index contributed by atoms with van der Waals surface area (Å²) in [5.41, 5.74) is 3.73. The van der Waals surface area contributed by atoms with E-state index in [9.17, 15) is 9.35 Å². The molecule has 1 heterocycles. The average molecular weight is 429 g/mol. The van der Waals surface area contributed by atoms with Crippen molar-refractivity contribution in [3.05, 3.63) is 48.0 Å². The number of unbranched alkanes of at least 4 members (excludes halogenated alkanes) is 2. The van der Waals surface area contributed by atoms with Crippen molar-refractivity contribution in [2.45, 2.75) is 51.1 Å². The second kappa shape index (κ2) is 10.5. The summed E-state index contributed by atoms with van der Waals surface area (Å²) in [5, 5.41) is 9.25. The van der Waals surface area contributed by atoms with Crippen LogP contribution in [0.15, 0.2) is 47.6 Å². The van der Waals surface area contributed by atoms with Gasteiger partial charge in [0.25, 0.3) is 0 Å². The van der Waals surface area contributed by atoms with Gasteiger partial charge in [-0.25, -0.2) is 0 Å². The van der Waals surface area contributed by atoms with Gasteiger partial charge in [0.15, 0.2) is 0 Å². The van der Waals surface area contributed by atoms with E-state index in [2.05, 4.69) is 4.98 Å². The molecule has 1 unspecified atom stereocenters. The average Bonchev–Trinajstić information content (AvgIpc) is 3.10. The molecule has 1 atom stereocenters. The minimum atomic E-state index is -1.19. The Hall–Kier alpha value is -2.51. The number of aryl methyl sites for hydroxylation is 1. The first kappa shape index (κ1) is 22.2. The lowest BCUT2D eigenvalue weighted by Crippen LogP contribution is -2.13. The van der Waals surface area contributed by atoms with Crippen LogP contribution in [0.5, 0.6) is 5.75 Å². The highest BCUT2D eigenvalue weighted by atomic mass is 32.2. The molecule has 0 amide bonds. The highest BCUT2D eigenvalue weighted by Gasteiger charge is 2.23. The Morgan fingerprint density at radius 1 is 1.17 bits per heavy atom. The molecule has 0 fully saturated rings. The highest BCUT2D eigenvalue weighted by Crippen LogP contribution is 2.28. The van der Waals surface area contributed by atoms with Crippen molar-refractivity contribution in [3.8, 4) is 11.4 Å². The number of hydrogen-bond donors (Lipinski definition) is 1. The van der Waals surface area contributed by atoms with Gasteiger partial charge in [-0.3, -0.25) is 9.36 Å². The molecule has 160 valence electrons. The Morgan fingerprint density at radius 2 is 1.93 bits per heavy atom. The molecule has 0 spiro atoms. The topological polar surface area (TPSA) is 87.4 Å². The molecule has 6 nitrogen and oxygen atoms in total. The second-order valence-corrected chi connectivity index (χ2v) is 8.78. The molecule has 7 heteroatoms. The van der Waals surface area contributed by atoms with E-state index < -0.39 is 17.1 Å². The third kappa shape index (κ3) is 5.55. The number of hydrogen-bond acceptors (Lipinski definition) is 4. The van der Waals surface area contributed by atoms with Crippen LogP contribution >= 0.6 is 0 Å². The van der Waals surface area contributed by atoms with Gasteiger partial charge in [-0.1, -0.05) is 24.6 Å². The number of ether oxygens (including phenoxy) is 1. The maximum atomic E-state index is 12.8. The molecular formula is C23H28N2O4S. The van der Waals surface area contributed by atoms with Gasteiger partial charge in [-0.2, -0.15) is 4.98 Å². The van der Waals surface area contributed by atoms with E-state index in [1.165, 1.54) is 0 Å². The zero-order valence-corrected chi connectivity index (χ0v) is 18.3. The third-order valence-corrected chi connectivity index (χ3v) is 6.24. The van der Waals surface area contributed by atoms with E-state index in [-0.39, 0.29) is 6.42 Å². The monoisotopic (exact) mass is 428 g/mol. The molecule has 0 saturated heterocycles. The van der Waals surface area contributed by atoms with Crippen molar-refractivity contribution >= 4 is 28.2 Å². The summed E-state index contributed by atoms with van der Waals surface area (Å²) in [4.78, 5) is 15.2. The number of nitrogens with zero attached hydrogens (tertiary/aromatic N) is 2. The van der Waals surface area contributed by atoms with Crippen molar-refractivity contribution in [3.63, 3.8) is 0 Å². The standard InChI is InChI=1S/C23H28N2O4S/c1-3-15-30(28)23-24-20-13-12-19(29-14-6-4-5-7-22(26)27)16-21(20)25(23)18-10-8-17(2)9-11-18/h8-13,16H,3-7,14-15H2,1-2H3,(H,26,27). The third-order valence-electron chi connectivity index (χ3n) is 4.78. The highest BCUT2D eigenvalue weighted by molar-refractivity contribution is 7.91. The largest absolute Gasteiger partial charge is 0.609 e. The van der Waals surface area contributed by atoms with Gasteiger partial charge in [0.1, 0.15) is 11.5 Å². The van der Waals surface area contributed by atoms with Gasteiger partial charge in [-0.05, 0) is 56.9 Å². The van der Waals surface area contributed by atoms with Crippen molar-refractivity contribution in [2.75, 3.05) is 12.4 Å². The molecule has 2 aromatic carbocycles. The summed E-state index contributed by atoms with van der Waals surface area (Å²) in [6, 6.07) is 13.8. The van der Waals surface area contributed by atoms with Crippen LogP contribution in [-0.4, -0.2) is 37.5 Å². The van der Waals surface area contributed by atoms with Gasteiger partial charge < -0.3 is 14.4 Å². The number of carboxylic acid groups (broad SMARTS) is 1. The van der Waals surface area contributed by atoms with Crippen LogP contribution in [0.25, 0.3) is 16.7 Å². The molecule has 1 aromatic heterocycles. The van der Waals surface area contributed by atoms with Crippen LogP contribution in [0.2, 0.25) is 0 Å². The Morgan fingerprint density at radius 3 is 2.63 bits per heavy atom. The zero-order valence-electron chi connectivity index (χ0n) is 17.5. The molecule has 0 bridgehead atoms. The molecule has 0 saturated carbocycles.